The molecule has 0 fully saturated rings. The molecule has 0 spiro atoms. The zero-order valence-electron chi connectivity index (χ0n) is 5.49. The minimum atomic E-state index is -4.49. The second kappa shape index (κ2) is 5.91. The maximum Gasteiger partial charge on any atom is 1.00 e. The SMILES string of the molecule is O=P(O)(O)OC(Cl)Cl.[H-].[K+]. The zero-order valence-corrected chi connectivity index (χ0v) is 10.0. The van der Waals surface area contributed by atoms with Crippen LogP contribution < -0.4 is 51.4 Å². The molecule has 4 nitrogen and oxygen atoms in total. The number of hydrogen-bond acceptors (Lipinski definition) is 2. The number of rotatable bonds is 2. The van der Waals surface area contributed by atoms with Crippen molar-refractivity contribution in [1.29, 1.82) is 0 Å². The summed E-state index contributed by atoms with van der Waals surface area (Å²) in [5.74, 6) is 0. The Morgan fingerprint density at radius 2 is 1.89 bits per heavy atom. The summed E-state index contributed by atoms with van der Waals surface area (Å²) < 4.78 is 13.4. The fourth-order valence-electron chi connectivity index (χ4n) is 0.104. The van der Waals surface area contributed by atoms with Crippen LogP contribution in [-0.4, -0.2) is 14.8 Å². The van der Waals surface area contributed by atoms with E-state index in [0.717, 1.165) is 0 Å². The van der Waals surface area contributed by atoms with Crippen LogP contribution >= 0.6 is 31.0 Å². The van der Waals surface area contributed by atoms with Crippen molar-refractivity contribution in [3.05, 3.63) is 0 Å². The molecule has 0 saturated heterocycles. The Labute approximate surface area is 106 Å². The van der Waals surface area contributed by atoms with Gasteiger partial charge in [0.2, 0.25) is 5.02 Å². The summed E-state index contributed by atoms with van der Waals surface area (Å²) in [5, 5.41) is -1.48. The third-order valence-electron chi connectivity index (χ3n) is 0.217. The molecule has 0 bridgehead atoms. The van der Waals surface area contributed by atoms with E-state index >= 15 is 0 Å². The molecule has 8 heteroatoms. The van der Waals surface area contributed by atoms with Gasteiger partial charge in [0.1, 0.15) is 0 Å². The normalized spacial score (nSPS) is 11.2. The molecule has 0 unspecified atom stereocenters. The van der Waals surface area contributed by atoms with Gasteiger partial charge in [0.15, 0.2) is 0 Å². The second-order valence-electron chi connectivity index (χ2n) is 0.857. The molecule has 0 aromatic rings. The molecule has 2 N–H and O–H groups in total. The molecule has 0 aliphatic carbocycles. The maximum atomic E-state index is 9.74. The largest absolute Gasteiger partial charge is 1.00 e. The first-order valence-corrected chi connectivity index (χ1v) is 3.84. The van der Waals surface area contributed by atoms with E-state index in [4.69, 9.17) is 33.0 Å². The number of halogens is 2. The monoisotopic (exact) mass is 220 g/mol. The van der Waals surface area contributed by atoms with Crippen LogP contribution in [0.2, 0.25) is 0 Å². The quantitative estimate of drug-likeness (QED) is 0.320. The van der Waals surface area contributed by atoms with Crippen molar-refractivity contribution in [1.82, 2.24) is 0 Å². The molecule has 9 heavy (non-hydrogen) atoms. The Bertz CT molecular complexity index is 116. The average Bonchev–Trinajstić information content (AvgIpc) is 1.21. The Balaban J connectivity index is -0.000000245. The molecule has 0 aliphatic rings. The van der Waals surface area contributed by atoms with Crippen molar-refractivity contribution in [2.45, 2.75) is 5.02 Å². The van der Waals surface area contributed by atoms with Crippen LogP contribution in [0.1, 0.15) is 1.43 Å². The summed E-state index contributed by atoms with van der Waals surface area (Å²) in [6.45, 7) is 0. The van der Waals surface area contributed by atoms with Gasteiger partial charge in [-0.15, -0.1) is 0 Å². The second-order valence-corrected chi connectivity index (χ2v) is 3.06. The van der Waals surface area contributed by atoms with E-state index in [1.807, 2.05) is 0 Å². The van der Waals surface area contributed by atoms with Gasteiger partial charge in [-0.1, -0.05) is 23.2 Å². The van der Waals surface area contributed by atoms with E-state index < -0.39 is 12.8 Å². The van der Waals surface area contributed by atoms with Crippen molar-refractivity contribution in [3.63, 3.8) is 0 Å². The van der Waals surface area contributed by atoms with Gasteiger partial charge in [-0.2, -0.15) is 0 Å². The third-order valence-corrected chi connectivity index (χ3v) is 1.13. The van der Waals surface area contributed by atoms with Gasteiger partial charge in [-0.3, -0.25) is 4.52 Å². The Morgan fingerprint density at radius 3 is 1.89 bits per heavy atom. The van der Waals surface area contributed by atoms with E-state index in [-0.39, 0.29) is 52.8 Å². The van der Waals surface area contributed by atoms with Gasteiger partial charge in [0.25, 0.3) is 0 Å². The Hall–Kier alpha value is 2.33. The van der Waals surface area contributed by atoms with Crippen molar-refractivity contribution in [2.24, 2.45) is 0 Å². The van der Waals surface area contributed by atoms with Gasteiger partial charge in [-0.05, 0) is 0 Å². The maximum absolute atomic E-state index is 9.74. The molecular formula is CH4Cl2KO4P. The van der Waals surface area contributed by atoms with E-state index in [2.05, 4.69) is 4.52 Å². The van der Waals surface area contributed by atoms with Crippen LogP contribution in [0, 0.1) is 0 Å². The fourth-order valence-corrected chi connectivity index (χ4v) is 0.934. The van der Waals surface area contributed by atoms with Crippen LogP contribution in [0.25, 0.3) is 0 Å². The molecule has 0 aromatic carbocycles. The predicted octanol–water partition coefficient (Wildman–Crippen LogP) is -2.03. The summed E-state index contributed by atoms with van der Waals surface area (Å²) in [5.41, 5.74) is 0. The topological polar surface area (TPSA) is 66.8 Å². The van der Waals surface area contributed by atoms with Crippen molar-refractivity contribution in [2.75, 3.05) is 0 Å². The van der Waals surface area contributed by atoms with Gasteiger partial charge in [-0.25, -0.2) is 4.57 Å². The Morgan fingerprint density at radius 1 is 1.56 bits per heavy atom. The van der Waals surface area contributed by atoms with Crippen LogP contribution in [0.4, 0.5) is 0 Å². The zero-order chi connectivity index (χ0) is 6.78. The number of phosphoric ester groups is 1. The average molecular weight is 221 g/mol. The standard InChI is InChI=1S/CH3Cl2O4P.K.H/c2-1(3)7-8(4,5)6;;/h1H,(H2,4,5,6);;/q;+1;-1. The summed E-state index contributed by atoms with van der Waals surface area (Å²) in [6, 6.07) is 0. The molecule has 0 heterocycles. The first kappa shape index (κ1) is 13.9. The van der Waals surface area contributed by atoms with Gasteiger partial charge < -0.3 is 11.2 Å². The first-order valence-electron chi connectivity index (χ1n) is 1.44. The summed E-state index contributed by atoms with van der Waals surface area (Å²) in [7, 11) is -4.49. The fraction of sp³-hybridized carbons (Fsp3) is 1.00. The van der Waals surface area contributed by atoms with Crippen molar-refractivity contribution >= 4 is 31.0 Å². The van der Waals surface area contributed by atoms with Crippen molar-refractivity contribution in [3.8, 4) is 0 Å². The third kappa shape index (κ3) is 13.3. The van der Waals surface area contributed by atoms with Crippen LogP contribution in [0.3, 0.4) is 0 Å². The van der Waals surface area contributed by atoms with Gasteiger partial charge in [0, 0.05) is 0 Å². The molecule has 52 valence electrons. The van der Waals surface area contributed by atoms with Crippen molar-refractivity contribution < 1.29 is 71.7 Å². The smallest absolute Gasteiger partial charge is 1.00 e. The number of alkyl halides is 2. The van der Waals surface area contributed by atoms with Crippen LogP contribution in [0.15, 0.2) is 0 Å². The molecule has 0 amide bonds. The summed E-state index contributed by atoms with van der Waals surface area (Å²) in [4.78, 5) is 15.8. The number of hydrogen-bond donors (Lipinski definition) is 2. The molecule has 0 aliphatic heterocycles. The van der Waals surface area contributed by atoms with Crippen LogP contribution in [0.5, 0.6) is 0 Å². The minimum absolute atomic E-state index is 0. The molecule has 0 atom stereocenters. The van der Waals surface area contributed by atoms with Gasteiger partial charge in [0.05, 0.1) is 0 Å². The molecular weight excluding hydrogens is 217 g/mol. The van der Waals surface area contributed by atoms with Crippen LogP contribution in [-0.2, 0) is 9.09 Å². The van der Waals surface area contributed by atoms with E-state index in [9.17, 15) is 4.57 Å². The van der Waals surface area contributed by atoms with E-state index in [0.29, 0.717) is 0 Å². The molecule has 0 saturated carbocycles. The Kier molecular flexibility index (Phi) is 9.12. The minimum Gasteiger partial charge on any atom is -1.00 e. The summed E-state index contributed by atoms with van der Waals surface area (Å²) >= 11 is 9.63. The van der Waals surface area contributed by atoms with E-state index in [1.54, 1.807) is 0 Å². The molecule has 0 aromatic heterocycles. The predicted molar refractivity (Wildman–Crippen MR) is 29.7 cm³/mol. The number of phosphoric acid groups is 1. The summed E-state index contributed by atoms with van der Waals surface area (Å²) in [6.07, 6.45) is 0. The molecule has 0 rings (SSSR count). The first-order chi connectivity index (χ1) is 3.42. The molecule has 0 radical (unpaired) electrons. The van der Waals surface area contributed by atoms with Gasteiger partial charge >= 0.3 is 59.2 Å². The van der Waals surface area contributed by atoms with E-state index in [1.165, 1.54) is 0 Å².